The van der Waals surface area contributed by atoms with Crippen LogP contribution in [0.3, 0.4) is 0 Å². The zero-order valence-electron chi connectivity index (χ0n) is 7.73. The lowest BCUT2D eigenvalue weighted by atomic mass is 10.3. The molecule has 2 heterocycles. The van der Waals surface area contributed by atoms with Gasteiger partial charge in [0.1, 0.15) is 17.3 Å². The molecule has 0 radical (unpaired) electrons. The molecule has 0 aromatic carbocycles. The lowest BCUT2D eigenvalue weighted by Crippen LogP contribution is -1.91. The van der Waals surface area contributed by atoms with Crippen LogP contribution in [0, 0.1) is 11.3 Å². The number of pyridine rings is 1. The van der Waals surface area contributed by atoms with E-state index in [1.807, 2.05) is 12.3 Å². The van der Waals surface area contributed by atoms with Gasteiger partial charge in [-0.05, 0) is 12.3 Å². The summed E-state index contributed by atoms with van der Waals surface area (Å²) in [6, 6.07) is 3.55. The van der Waals surface area contributed by atoms with Crippen molar-refractivity contribution in [2.24, 2.45) is 0 Å². The summed E-state index contributed by atoms with van der Waals surface area (Å²) in [6.45, 7) is 0. The van der Waals surface area contributed by atoms with Crippen LogP contribution in [0.5, 0.6) is 0 Å². The van der Waals surface area contributed by atoms with Gasteiger partial charge in [-0.2, -0.15) is 5.26 Å². The highest BCUT2D eigenvalue weighted by atomic mass is 35.5. The molecule has 0 aliphatic heterocycles. The van der Waals surface area contributed by atoms with Crippen LogP contribution in [0.4, 0.5) is 0 Å². The molecule has 0 spiro atoms. The molecule has 0 saturated carbocycles. The second-order valence-corrected chi connectivity index (χ2v) is 3.84. The summed E-state index contributed by atoms with van der Waals surface area (Å²) in [5.74, 6) is 0. The van der Waals surface area contributed by atoms with E-state index in [1.54, 1.807) is 12.3 Å². The summed E-state index contributed by atoms with van der Waals surface area (Å²) in [6.07, 6.45) is 3.52. The second-order valence-electron chi connectivity index (χ2n) is 2.70. The minimum atomic E-state index is 0.238. The van der Waals surface area contributed by atoms with Gasteiger partial charge in [0.05, 0.1) is 0 Å². The zero-order valence-corrected chi connectivity index (χ0v) is 9.30. The van der Waals surface area contributed by atoms with Crippen molar-refractivity contribution in [3.8, 4) is 6.07 Å². The molecule has 0 aliphatic carbocycles. The molecule has 2 rings (SSSR count). The lowest BCUT2D eigenvalue weighted by molar-refractivity contribution is 1.00. The monoisotopic (exact) mass is 236 g/mol. The van der Waals surface area contributed by atoms with E-state index in [9.17, 15) is 0 Å². The van der Waals surface area contributed by atoms with Gasteiger partial charge in [-0.25, -0.2) is 15.0 Å². The molecule has 0 fully saturated rings. The van der Waals surface area contributed by atoms with Gasteiger partial charge < -0.3 is 0 Å². The van der Waals surface area contributed by atoms with Crippen LogP contribution < -0.4 is 0 Å². The summed E-state index contributed by atoms with van der Waals surface area (Å²) in [4.78, 5) is 12.2. The average molecular weight is 237 g/mol. The Kier molecular flexibility index (Phi) is 2.71. The quantitative estimate of drug-likeness (QED) is 0.432. The van der Waals surface area contributed by atoms with Gasteiger partial charge in [-0.3, -0.25) is 0 Å². The standard InChI is InChI=1S/C9H5ClN4S/c1-15-9-12-4-5-2-6(3-11)13-8(10)7(5)14-9/h2,4H,1H3. The fourth-order valence-electron chi connectivity index (χ4n) is 1.14. The SMILES string of the molecule is CSc1ncc2cc(C#N)nc(Cl)c2n1. The van der Waals surface area contributed by atoms with E-state index in [1.165, 1.54) is 11.8 Å². The maximum atomic E-state index is 8.71. The van der Waals surface area contributed by atoms with Gasteiger partial charge in [0.2, 0.25) is 0 Å². The van der Waals surface area contributed by atoms with Crippen LogP contribution in [-0.2, 0) is 0 Å². The van der Waals surface area contributed by atoms with Crippen molar-refractivity contribution in [1.29, 1.82) is 5.26 Å². The molecule has 15 heavy (non-hydrogen) atoms. The van der Waals surface area contributed by atoms with Gasteiger partial charge in [-0.1, -0.05) is 23.4 Å². The van der Waals surface area contributed by atoms with Crippen LogP contribution >= 0.6 is 23.4 Å². The Morgan fingerprint density at radius 3 is 2.93 bits per heavy atom. The van der Waals surface area contributed by atoms with Crippen LogP contribution in [0.25, 0.3) is 10.9 Å². The maximum Gasteiger partial charge on any atom is 0.187 e. The highest BCUT2D eigenvalue weighted by molar-refractivity contribution is 7.98. The number of nitriles is 1. The fourth-order valence-corrected chi connectivity index (χ4v) is 1.72. The second kappa shape index (κ2) is 4.01. The number of aromatic nitrogens is 3. The molecule has 6 heteroatoms. The number of halogens is 1. The Labute approximate surface area is 95.3 Å². The molecule has 0 bridgehead atoms. The Balaban J connectivity index is 2.75. The van der Waals surface area contributed by atoms with E-state index < -0.39 is 0 Å². The maximum absolute atomic E-state index is 8.71. The van der Waals surface area contributed by atoms with Crippen molar-refractivity contribution in [2.75, 3.05) is 6.26 Å². The van der Waals surface area contributed by atoms with Crippen LogP contribution in [0.2, 0.25) is 5.15 Å². The van der Waals surface area contributed by atoms with Gasteiger partial charge in [-0.15, -0.1) is 0 Å². The number of hydrogen-bond acceptors (Lipinski definition) is 5. The number of thioether (sulfide) groups is 1. The van der Waals surface area contributed by atoms with Crippen molar-refractivity contribution in [2.45, 2.75) is 5.16 Å². The predicted molar refractivity (Wildman–Crippen MR) is 58.8 cm³/mol. The Hall–Kier alpha value is -1.38. The molecule has 2 aromatic heterocycles. The molecule has 74 valence electrons. The lowest BCUT2D eigenvalue weighted by Gasteiger charge is -2.00. The van der Waals surface area contributed by atoms with E-state index in [0.29, 0.717) is 10.7 Å². The van der Waals surface area contributed by atoms with Gasteiger partial charge in [0.15, 0.2) is 10.3 Å². The number of fused-ring (bicyclic) bond motifs is 1. The van der Waals surface area contributed by atoms with Gasteiger partial charge in [0, 0.05) is 11.6 Å². The third-order valence-electron chi connectivity index (χ3n) is 1.80. The highest BCUT2D eigenvalue weighted by Crippen LogP contribution is 2.21. The molecular weight excluding hydrogens is 232 g/mol. The number of nitrogens with zero attached hydrogens (tertiary/aromatic N) is 4. The summed E-state index contributed by atoms with van der Waals surface area (Å²) >= 11 is 7.34. The first-order valence-corrected chi connectivity index (χ1v) is 5.62. The van der Waals surface area contributed by atoms with Gasteiger partial charge in [0.25, 0.3) is 0 Å². The van der Waals surface area contributed by atoms with E-state index in [2.05, 4.69) is 15.0 Å². The molecule has 4 nitrogen and oxygen atoms in total. The zero-order chi connectivity index (χ0) is 10.8. The van der Waals surface area contributed by atoms with Crippen molar-refractivity contribution >= 4 is 34.3 Å². The Morgan fingerprint density at radius 2 is 2.27 bits per heavy atom. The first kappa shape index (κ1) is 10.1. The normalized spacial score (nSPS) is 10.2. The molecule has 0 amide bonds. The molecule has 0 aliphatic rings. The van der Waals surface area contributed by atoms with Crippen molar-refractivity contribution in [1.82, 2.24) is 15.0 Å². The summed E-state index contributed by atoms with van der Waals surface area (Å²) < 4.78 is 0. The van der Waals surface area contributed by atoms with Crippen LogP contribution in [0.1, 0.15) is 5.69 Å². The third kappa shape index (κ3) is 1.87. The molecule has 2 aromatic rings. The predicted octanol–water partition coefficient (Wildman–Crippen LogP) is 2.27. The number of hydrogen-bond donors (Lipinski definition) is 0. The van der Waals surface area contributed by atoms with E-state index >= 15 is 0 Å². The summed E-state index contributed by atoms with van der Waals surface area (Å²) in [7, 11) is 0. The molecule has 0 unspecified atom stereocenters. The molecular formula is C9H5ClN4S. The Bertz CT molecular complexity index is 564. The molecule has 0 saturated heterocycles. The Morgan fingerprint density at radius 1 is 1.47 bits per heavy atom. The first-order chi connectivity index (χ1) is 7.24. The summed E-state index contributed by atoms with van der Waals surface area (Å²) in [5, 5.41) is 10.3. The van der Waals surface area contributed by atoms with Crippen LogP contribution in [-0.4, -0.2) is 21.2 Å². The van der Waals surface area contributed by atoms with E-state index in [-0.39, 0.29) is 10.8 Å². The largest absolute Gasteiger partial charge is 0.230 e. The van der Waals surface area contributed by atoms with E-state index in [4.69, 9.17) is 16.9 Å². The number of rotatable bonds is 1. The first-order valence-electron chi connectivity index (χ1n) is 4.02. The van der Waals surface area contributed by atoms with Crippen molar-refractivity contribution in [3.63, 3.8) is 0 Å². The van der Waals surface area contributed by atoms with Crippen molar-refractivity contribution in [3.05, 3.63) is 23.1 Å². The van der Waals surface area contributed by atoms with E-state index in [0.717, 1.165) is 5.39 Å². The average Bonchev–Trinajstić information content (AvgIpc) is 2.28. The minimum absolute atomic E-state index is 0.238. The molecule has 0 atom stereocenters. The topological polar surface area (TPSA) is 62.5 Å². The van der Waals surface area contributed by atoms with Crippen molar-refractivity contribution < 1.29 is 0 Å². The highest BCUT2D eigenvalue weighted by Gasteiger charge is 2.06. The summed E-state index contributed by atoms with van der Waals surface area (Å²) in [5.41, 5.74) is 0.850. The fraction of sp³-hybridized carbons (Fsp3) is 0.111. The third-order valence-corrected chi connectivity index (χ3v) is 2.62. The minimum Gasteiger partial charge on any atom is -0.230 e. The smallest absolute Gasteiger partial charge is 0.187 e. The van der Waals surface area contributed by atoms with Gasteiger partial charge >= 0.3 is 0 Å². The van der Waals surface area contributed by atoms with Crippen LogP contribution in [0.15, 0.2) is 17.4 Å². The molecule has 0 N–H and O–H groups in total.